The van der Waals surface area contributed by atoms with Crippen LogP contribution in [0.25, 0.3) is 0 Å². The van der Waals surface area contributed by atoms with Crippen molar-refractivity contribution < 1.29 is 4.84 Å². The molecule has 1 aliphatic heterocycles. The average Bonchev–Trinajstić information content (AvgIpc) is 2.22. The quantitative estimate of drug-likeness (QED) is 0.654. The molecule has 0 saturated heterocycles. The summed E-state index contributed by atoms with van der Waals surface area (Å²) in [5.74, 6) is 0. The zero-order valence-electron chi connectivity index (χ0n) is 7.60. The van der Waals surface area contributed by atoms with Crippen LogP contribution < -0.4 is 5.48 Å². The van der Waals surface area contributed by atoms with Gasteiger partial charge in [-0.2, -0.15) is 0 Å². The van der Waals surface area contributed by atoms with Crippen molar-refractivity contribution in [2.45, 2.75) is 6.92 Å². The molecule has 13 heavy (non-hydrogen) atoms. The summed E-state index contributed by atoms with van der Waals surface area (Å²) in [6, 6.07) is 10.3. The molecule has 0 spiro atoms. The SMILES string of the molecule is C1=CNOC=C1.Cc1ccccc1. The molecule has 0 bridgehead atoms. The van der Waals surface area contributed by atoms with Gasteiger partial charge >= 0.3 is 0 Å². The first-order chi connectivity index (χ1) is 6.39. The van der Waals surface area contributed by atoms with Gasteiger partial charge < -0.3 is 4.84 Å². The largest absolute Gasteiger partial charge is 0.391 e. The Morgan fingerprint density at radius 2 is 1.85 bits per heavy atom. The van der Waals surface area contributed by atoms with E-state index in [2.05, 4.69) is 29.4 Å². The highest BCUT2D eigenvalue weighted by atomic mass is 16.6. The number of rotatable bonds is 0. The maximum absolute atomic E-state index is 4.55. The molecule has 1 heterocycles. The first kappa shape index (κ1) is 9.39. The summed E-state index contributed by atoms with van der Waals surface area (Å²) in [6.45, 7) is 2.08. The molecule has 1 aromatic rings. The lowest BCUT2D eigenvalue weighted by Crippen LogP contribution is -2.01. The molecule has 0 aromatic heterocycles. The van der Waals surface area contributed by atoms with Gasteiger partial charge in [0.05, 0.1) is 0 Å². The monoisotopic (exact) mass is 175 g/mol. The van der Waals surface area contributed by atoms with Gasteiger partial charge in [-0.05, 0) is 19.1 Å². The summed E-state index contributed by atoms with van der Waals surface area (Å²) in [6.07, 6.45) is 6.93. The Labute approximate surface area is 78.5 Å². The highest BCUT2D eigenvalue weighted by Gasteiger charge is 1.73. The maximum Gasteiger partial charge on any atom is 0.119 e. The molecule has 2 rings (SSSR count). The van der Waals surface area contributed by atoms with Gasteiger partial charge in [0.2, 0.25) is 0 Å². The summed E-state index contributed by atoms with van der Waals surface area (Å²) in [7, 11) is 0. The van der Waals surface area contributed by atoms with Crippen molar-refractivity contribution in [3.8, 4) is 0 Å². The lowest BCUT2D eigenvalue weighted by molar-refractivity contribution is 0.172. The molecular weight excluding hydrogens is 162 g/mol. The second-order valence-electron chi connectivity index (χ2n) is 2.58. The lowest BCUT2D eigenvalue weighted by atomic mass is 10.2. The fraction of sp³-hybridized carbons (Fsp3) is 0.0909. The number of hydroxylamine groups is 1. The van der Waals surface area contributed by atoms with E-state index in [0.717, 1.165) is 0 Å². The minimum atomic E-state index is 1.32. The van der Waals surface area contributed by atoms with Gasteiger partial charge in [0.25, 0.3) is 0 Å². The second-order valence-corrected chi connectivity index (χ2v) is 2.58. The molecule has 0 unspecified atom stereocenters. The smallest absolute Gasteiger partial charge is 0.119 e. The van der Waals surface area contributed by atoms with Crippen molar-refractivity contribution >= 4 is 0 Å². The predicted molar refractivity (Wildman–Crippen MR) is 53.7 cm³/mol. The second kappa shape index (κ2) is 5.89. The molecule has 0 radical (unpaired) electrons. The summed E-state index contributed by atoms with van der Waals surface area (Å²) < 4.78 is 0. The van der Waals surface area contributed by atoms with Crippen LogP contribution in [0.5, 0.6) is 0 Å². The summed E-state index contributed by atoms with van der Waals surface area (Å²) in [5.41, 5.74) is 3.84. The van der Waals surface area contributed by atoms with Crippen LogP contribution in [0.2, 0.25) is 0 Å². The van der Waals surface area contributed by atoms with Gasteiger partial charge in [0.15, 0.2) is 0 Å². The van der Waals surface area contributed by atoms with Gasteiger partial charge in [-0.3, -0.25) is 0 Å². The van der Waals surface area contributed by atoms with Gasteiger partial charge in [0.1, 0.15) is 6.26 Å². The topological polar surface area (TPSA) is 21.3 Å². The molecule has 0 atom stereocenters. The van der Waals surface area contributed by atoms with Crippen molar-refractivity contribution in [3.63, 3.8) is 0 Å². The predicted octanol–water partition coefficient (Wildman–Crippen LogP) is 2.54. The molecule has 1 N–H and O–H groups in total. The first-order valence-electron chi connectivity index (χ1n) is 4.14. The van der Waals surface area contributed by atoms with Crippen LogP contribution in [0.4, 0.5) is 0 Å². The third kappa shape index (κ3) is 4.69. The van der Waals surface area contributed by atoms with E-state index in [1.165, 1.54) is 5.56 Å². The van der Waals surface area contributed by atoms with Gasteiger partial charge in [-0.1, -0.05) is 35.9 Å². The standard InChI is InChI=1S/C7H8.C4H5NO/c1-7-5-3-2-4-6-7;1-2-4-6-5-3-1/h2-6H,1H3;1-5H. The molecular formula is C11H13NO. The highest BCUT2D eigenvalue weighted by Crippen LogP contribution is 1.92. The minimum Gasteiger partial charge on any atom is -0.391 e. The number of hydrogen-bond acceptors (Lipinski definition) is 2. The average molecular weight is 175 g/mol. The van der Waals surface area contributed by atoms with E-state index in [4.69, 9.17) is 0 Å². The van der Waals surface area contributed by atoms with Crippen LogP contribution in [0.1, 0.15) is 5.56 Å². The Kier molecular flexibility index (Phi) is 4.25. The molecule has 0 fully saturated rings. The number of aryl methyl sites for hydroxylation is 1. The molecule has 0 aliphatic carbocycles. The van der Waals surface area contributed by atoms with Crippen LogP contribution in [0.3, 0.4) is 0 Å². The van der Waals surface area contributed by atoms with E-state index in [9.17, 15) is 0 Å². The first-order valence-corrected chi connectivity index (χ1v) is 4.14. The van der Waals surface area contributed by atoms with Crippen LogP contribution in [0, 0.1) is 6.92 Å². The number of hydrogen-bond donors (Lipinski definition) is 1. The van der Waals surface area contributed by atoms with E-state index >= 15 is 0 Å². The van der Waals surface area contributed by atoms with E-state index in [0.29, 0.717) is 0 Å². The van der Waals surface area contributed by atoms with Gasteiger partial charge in [-0.25, -0.2) is 5.48 Å². The van der Waals surface area contributed by atoms with Crippen molar-refractivity contribution in [2.24, 2.45) is 0 Å². The minimum absolute atomic E-state index is 1.32. The Morgan fingerprint density at radius 3 is 2.08 bits per heavy atom. The lowest BCUT2D eigenvalue weighted by Gasteiger charge is -1.97. The summed E-state index contributed by atoms with van der Waals surface area (Å²) in [5, 5.41) is 0. The fourth-order valence-corrected chi connectivity index (χ4v) is 0.792. The number of allylic oxidation sites excluding steroid dienone is 2. The van der Waals surface area contributed by atoms with Gasteiger partial charge in [-0.15, -0.1) is 0 Å². The number of nitrogens with one attached hydrogen (secondary N) is 1. The van der Waals surface area contributed by atoms with Crippen molar-refractivity contribution in [2.75, 3.05) is 0 Å². The van der Waals surface area contributed by atoms with Gasteiger partial charge in [0, 0.05) is 6.20 Å². The zero-order chi connectivity index (χ0) is 9.36. The van der Waals surface area contributed by atoms with Crippen LogP contribution in [-0.4, -0.2) is 0 Å². The Morgan fingerprint density at radius 1 is 1.08 bits per heavy atom. The highest BCUT2D eigenvalue weighted by molar-refractivity contribution is 5.11. The Hall–Kier alpha value is -1.70. The molecule has 68 valence electrons. The third-order valence-electron chi connectivity index (χ3n) is 1.43. The van der Waals surface area contributed by atoms with Crippen molar-refractivity contribution in [1.82, 2.24) is 5.48 Å². The maximum atomic E-state index is 4.55. The zero-order valence-corrected chi connectivity index (χ0v) is 7.60. The summed E-state index contributed by atoms with van der Waals surface area (Å²) >= 11 is 0. The molecule has 0 saturated carbocycles. The van der Waals surface area contributed by atoms with Crippen molar-refractivity contribution in [3.05, 3.63) is 60.5 Å². The Balaban J connectivity index is 0.000000132. The summed E-state index contributed by atoms with van der Waals surface area (Å²) in [4.78, 5) is 4.55. The Bertz CT molecular complexity index is 265. The van der Waals surface area contributed by atoms with E-state index in [1.807, 2.05) is 24.3 Å². The van der Waals surface area contributed by atoms with Crippen LogP contribution in [0.15, 0.2) is 54.9 Å². The third-order valence-corrected chi connectivity index (χ3v) is 1.43. The molecule has 1 aliphatic rings. The molecule has 2 heteroatoms. The van der Waals surface area contributed by atoms with E-state index in [1.54, 1.807) is 18.5 Å². The molecule has 1 aromatic carbocycles. The van der Waals surface area contributed by atoms with Crippen LogP contribution >= 0.6 is 0 Å². The van der Waals surface area contributed by atoms with Crippen LogP contribution in [-0.2, 0) is 4.84 Å². The van der Waals surface area contributed by atoms with E-state index in [-0.39, 0.29) is 0 Å². The normalized spacial score (nSPS) is 12.1. The fourth-order valence-electron chi connectivity index (χ4n) is 0.792. The molecule has 0 amide bonds. The van der Waals surface area contributed by atoms with E-state index < -0.39 is 0 Å². The molecule has 2 nitrogen and oxygen atoms in total. The number of benzene rings is 1. The van der Waals surface area contributed by atoms with Crippen molar-refractivity contribution in [1.29, 1.82) is 0 Å².